The van der Waals surface area contributed by atoms with E-state index in [1.165, 1.54) is 23.6 Å². The highest BCUT2D eigenvalue weighted by molar-refractivity contribution is 7.13. The zero-order valence-electron chi connectivity index (χ0n) is 11.5. The summed E-state index contributed by atoms with van der Waals surface area (Å²) in [5.74, 6) is -0.776. The summed E-state index contributed by atoms with van der Waals surface area (Å²) in [6.07, 6.45) is 1.40. The Morgan fingerprint density at radius 2 is 2.15 bits per heavy atom. The number of aromatic carboxylic acids is 1. The number of nitrogens with two attached hydrogens (primary N) is 1. The minimum atomic E-state index is -1.08. The Morgan fingerprint density at radius 1 is 1.45 bits per heavy atom. The van der Waals surface area contributed by atoms with Crippen LogP contribution in [-0.4, -0.2) is 21.0 Å². The molecule has 0 aromatic carbocycles. The van der Waals surface area contributed by atoms with Crippen LogP contribution in [-0.2, 0) is 5.41 Å². The summed E-state index contributed by atoms with van der Waals surface area (Å²) in [6.45, 7) is 6.22. The fourth-order valence-electron chi connectivity index (χ4n) is 1.54. The number of rotatable bonds is 3. The summed E-state index contributed by atoms with van der Waals surface area (Å²) in [5, 5.41) is 14.6. The number of hydrogen-bond donors (Lipinski definition) is 3. The second-order valence-corrected chi connectivity index (χ2v) is 6.20. The average molecular weight is 292 g/mol. The van der Waals surface area contributed by atoms with Gasteiger partial charge in [-0.05, 0) is 6.07 Å². The van der Waals surface area contributed by atoms with Crippen LogP contribution in [0.1, 0.15) is 36.8 Å². The SMILES string of the molecule is CC(C)(C)c1csc(Nc2nccc(C(=O)O)c2N)n1. The standard InChI is InChI=1S/C13H16N4O2S/c1-13(2,3)8-6-20-12(16-8)17-10-9(14)7(11(18)19)4-5-15-10/h4-6H,14H2,1-3H3,(H,18,19)(H,15,16,17). The lowest BCUT2D eigenvalue weighted by atomic mass is 9.93. The first-order valence-corrected chi connectivity index (χ1v) is 6.88. The molecule has 2 heterocycles. The second kappa shape index (κ2) is 5.09. The predicted octanol–water partition coefficient (Wildman–Crippen LogP) is 2.86. The summed E-state index contributed by atoms with van der Waals surface area (Å²) >= 11 is 1.43. The van der Waals surface area contributed by atoms with Crippen molar-refractivity contribution in [3.63, 3.8) is 0 Å². The Bertz CT molecular complexity index is 646. The van der Waals surface area contributed by atoms with Crippen LogP contribution in [0, 0.1) is 0 Å². The minimum absolute atomic E-state index is 0.0232. The van der Waals surface area contributed by atoms with Gasteiger partial charge in [0.1, 0.15) is 0 Å². The van der Waals surface area contributed by atoms with E-state index < -0.39 is 5.97 Å². The van der Waals surface area contributed by atoms with Crippen molar-refractivity contribution in [2.75, 3.05) is 11.1 Å². The van der Waals surface area contributed by atoms with Crippen molar-refractivity contribution in [3.05, 3.63) is 28.9 Å². The van der Waals surface area contributed by atoms with Crippen LogP contribution in [0.4, 0.5) is 16.6 Å². The molecule has 0 saturated heterocycles. The third-order valence-electron chi connectivity index (χ3n) is 2.72. The number of thiazole rings is 1. The van der Waals surface area contributed by atoms with E-state index in [1.807, 2.05) is 5.38 Å². The number of pyridine rings is 1. The maximum absolute atomic E-state index is 11.0. The Kier molecular flexibility index (Phi) is 3.63. The summed E-state index contributed by atoms with van der Waals surface area (Å²) in [5.41, 5.74) is 6.84. The maximum Gasteiger partial charge on any atom is 0.337 e. The number of aromatic nitrogens is 2. The first-order chi connectivity index (χ1) is 9.29. The highest BCUT2D eigenvalue weighted by atomic mass is 32.1. The fraction of sp³-hybridized carbons (Fsp3) is 0.308. The molecule has 2 aromatic rings. The molecule has 0 aliphatic heterocycles. The molecule has 6 nitrogen and oxygen atoms in total. The molecule has 0 unspecified atom stereocenters. The van der Waals surface area contributed by atoms with Crippen molar-refractivity contribution < 1.29 is 9.90 Å². The highest BCUT2D eigenvalue weighted by Crippen LogP contribution is 2.29. The fourth-order valence-corrected chi connectivity index (χ4v) is 2.47. The highest BCUT2D eigenvalue weighted by Gasteiger charge is 2.18. The first-order valence-electron chi connectivity index (χ1n) is 6.00. The largest absolute Gasteiger partial charge is 0.478 e. The van der Waals surface area contributed by atoms with Crippen molar-refractivity contribution in [1.82, 2.24) is 9.97 Å². The number of nitrogens with zero attached hydrogens (tertiary/aromatic N) is 2. The van der Waals surface area contributed by atoms with Gasteiger partial charge in [-0.15, -0.1) is 11.3 Å². The maximum atomic E-state index is 11.0. The Labute approximate surface area is 120 Å². The van der Waals surface area contributed by atoms with E-state index in [-0.39, 0.29) is 16.7 Å². The molecular weight excluding hydrogens is 276 g/mol. The third-order valence-corrected chi connectivity index (χ3v) is 3.48. The van der Waals surface area contributed by atoms with Crippen molar-refractivity contribution in [2.24, 2.45) is 0 Å². The van der Waals surface area contributed by atoms with Gasteiger partial charge in [0, 0.05) is 17.0 Å². The van der Waals surface area contributed by atoms with E-state index in [0.29, 0.717) is 10.9 Å². The molecule has 0 bridgehead atoms. The molecule has 0 saturated carbocycles. The van der Waals surface area contributed by atoms with Gasteiger partial charge in [0.2, 0.25) is 0 Å². The molecule has 4 N–H and O–H groups in total. The van der Waals surface area contributed by atoms with Gasteiger partial charge in [0.05, 0.1) is 16.9 Å². The van der Waals surface area contributed by atoms with E-state index in [2.05, 4.69) is 36.1 Å². The van der Waals surface area contributed by atoms with Crippen LogP contribution < -0.4 is 11.1 Å². The molecule has 106 valence electrons. The third kappa shape index (κ3) is 2.88. The first kappa shape index (κ1) is 14.3. The summed E-state index contributed by atoms with van der Waals surface area (Å²) in [6, 6.07) is 1.37. The minimum Gasteiger partial charge on any atom is -0.478 e. The number of carboxylic acid groups (broad SMARTS) is 1. The molecule has 0 radical (unpaired) electrons. The molecule has 7 heteroatoms. The van der Waals surface area contributed by atoms with Crippen LogP contribution in [0.5, 0.6) is 0 Å². The Hall–Kier alpha value is -2.15. The normalized spacial score (nSPS) is 11.3. The molecule has 0 fully saturated rings. The monoisotopic (exact) mass is 292 g/mol. The lowest BCUT2D eigenvalue weighted by Crippen LogP contribution is -2.11. The number of nitrogens with one attached hydrogen (secondary N) is 1. The molecule has 0 atom stereocenters. The van der Waals surface area contributed by atoms with Gasteiger partial charge < -0.3 is 16.2 Å². The summed E-state index contributed by atoms with van der Waals surface area (Å²) < 4.78 is 0. The zero-order chi connectivity index (χ0) is 14.9. The Balaban J connectivity index is 2.29. The molecule has 0 spiro atoms. The molecule has 0 aliphatic carbocycles. The van der Waals surface area contributed by atoms with Crippen LogP contribution >= 0.6 is 11.3 Å². The van der Waals surface area contributed by atoms with Crippen molar-refractivity contribution >= 4 is 33.9 Å². The molecule has 20 heavy (non-hydrogen) atoms. The van der Waals surface area contributed by atoms with Crippen LogP contribution in [0.2, 0.25) is 0 Å². The van der Waals surface area contributed by atoms with Gasteiger partial charge in [-0.1, -0.05) is 20.8 Å². The van der Waals surface area contributed by atoms with Crippen molar-refractivity contribution in [1.29, 1.82) is 0 Å². The van der Waals surface area contributed by atoms with E-state index >= 15 is 0 Å². The summed E-state index contributed by atoms with van der Waals surface area (Å²) in [4.78, 5) is 19.5. The lowest BCUT2D eigenvalue weighted by Gasteiger charge is -2.14. The number of anilines is 3. The topological polar surface area (TPSA) is 101 Å². The zero-order valence-corrected chi connectivity index (χ0v) is 12.3. The van der Waals surface area contributed by atoms with E-state index in [4.69, 9.17) is 10.8 Å². The molecule has 2 aromatic heterocycles. The van der Waals surface area contributed by atoms with Gasteiger partial charge >= 0.3 is 5.97 Å². The van der Waals surface area contributed by atoms with Crippen molar-refractivity contribution in [2.45, 2.75) is 26.2 Å². The van der Waals surface area contributed by atoms with E-state index in [9.17, 15) is 4.79 Å². The van der Waals surface area contributed by atoms with Gasteiger partial charge in [0.15, 0.2) is 10.9 Å². The van der Waals surface area contributed by atoms with Crippen molar-refractivity contribution in [3.8, 4) is 0 Å². The lowest BCUT2D eigenvalue weighted by molar-refractivity contribution is 0.0698. The van der Waals surface area contributed by atoms with E-state index in [1.54, 1.807) is 0 Å². The smallest absolute Gasteiger partial charge is 0.337 e. The number of hydrogen-bond acceptors (Lipinski definition) is 6. The number of carboxylic acids is 1. The molecule has 0 amide bonds. The number of nitrogen functional groups attached to an aromatic ring is 1. The number of carbonyl (C=O) groups is 1. The van der Waals surface area contributed by atoms with Gasteiger partial charge in [-0.25, -0.2) is 14.8 Å². The molecule has 2 rings (SSSR count). The Morgan fingerprint density at radius 3 is 2.70 bits per heavy atom. The van der Waals surface area contributed by atoms with Crippen LogP contribution in [0.15, 0.2) is 17.6 Å². The van der Waals surface area contributed by atoms with Gasteiger partial charge in [0.25, 0.3) is 0 Å². The van der Waals surface area contributed by atoms with Gasteiger partial charge in [-0.3, -0.25) is 0 Å². The predicted molar refractivity (Wildman–Crippen MR) is 79.7 cm³/mol. The molecule has 0 aliphatic rings. The van der Waals surface area contributed by atoms with Gasteiger partial charge in [-0.2, -0.15) is 0 Å². The van der Waals surface area contributed by atoms with Crippen LogP contribution in [0.3, 0.4) is 0 Å². The second-order valence-electron chi connectivity index (χ2n) is 5.34. The average Bonchev–Trinajstić information content (AvgIpc) is 2.80. The van der Waals surface area contributed by atoms with Crippen LogP contribution in [0.25, 0.3) is 0 Å². The summed E-state index contributed by atoms with van der Waals surface area (Å²) in [7, 11) is 0. The quantitative estimate of drug-likeness (QED) is 0.804. The van der Waals surface area contributed by atoms with E-state index in [0.717, 1.165) is 5.69 Å². The molecular formula is C13H16N4O2S.